The fourth-order valence-electron chi connectivity index (χ4n) is 2.83. The van der Waals surface area contributed by atoms with Crippen molar-refractivity contribution in [1.29, 1.82) is 0 Å². The van der Waals surface area contributed by atoms with Gasteiger partial charge < -0.3 is 10.4 Å². The van der Waals surface area contributed by atoms with Gasteiger partial charge in [0.2, 0.25) is 5.91 Å². The van der Waals surface area contributed by atoms with Crippen molar-refractivity contribution < 1.29 is 14.7 Å². The molecule has 0 radical (unpaired) electrons. The largest absolute Gasteiger partial charge is 0.480 e. The van der Waals surface area contributed by atoms with E-state index in [9.17, 15) is 14.7 Å². The van der Waals surface area contributed by atoms with Crippen molar-refractivity contribution in [2.75, 3.05) is 0 Å². The number of carbonyl (C=O) groups excluding carboxylic acids is 1. The summed E-state index contributed by atoms with van der Waals surface area (Å²) in [4.78, 5) is 23.6. The third-order valence-corrected chi connectivity index (χ3v) is 4.13. The molecule has 4 nitrogen and oxygen atoms in total. The molecule has 0 saturated carbocycles. The lowest BCUT2D eigenvalue weighted by molar-refractivity contribution is -0.141. The summed E-state index contributed by atoms with van der Waals surface area (Å²) in [6.07, 6.45) is 3.33. The van der Waals surface area contributed by atoms with Crippen molar-refractivity contribution in [3.8, 4) is 0 Å². The van der Waals surface area contributed by atoms with Crippen LogP contribution in [0.4, 0.5) is 0 Å². The number of carbonyl (C=O) groups is 2. The summed E-state index contributed by atoms with van der Waals surface area (Å²) < 4.78 is 0. The fraction of sp³-hybridized carbons (Fsp3) is 0.0909. The highest BCUT2D eigenvalue weighted by atomic mass is 16.4. The summed E-state index contributed by atoms with van der Waals surface area (Å²) in [5.41, 5.74) is 1.77. The molecule has 0 aliphatic carbocycles. The molecule has 0 heterocycles. The minimum atomic E-state index is -1.05. The molecular weight excluding hydrogens is 326 g/mol. The Bertz CT molecular complexity index is 943. The number of hydrogen-bond donors (Lipinski definition) is 2. The van der Waals surface area contributed by atoms with Crippen LogP contribution >= 0.6 is 0 Å². The first-order valence-corrected chi connectivity index (χ1v) is 8.36. The van der Waals surface area contributed by atoms with Crippen LogP contribution in [0.15, 0.2) is 78.9 Å². The number of rotatable bonds is 6. The van der Waals surface area contributed by atoms with Gasteiger partial charge in [-0.25, -0.2) is 4.79 Å². The zero-order valence-electron chi connectivity index (χ0n) is 14.1. The van der Waals surface area contributed by atoms with Crippen LogP contribution in [-0.2, 0) is 16.0 Å². The molecular formula is C22H19NO3. The second-order valence-corrected chi connectivity index (χ2v) is 5.99. The average Bonchev–Trinajstić information content (AvgIpc) is 2.66. The van der Waals surface area contributed by atoms with Gasteiger partial charge in [0.1, 0.15) is 6.04 Å². The molecule has 0 bridgehead atoms. The number of benzene rings is 3. The Labute approximate surface area is 151 Å². The van der Waals surface area contributed by atoms with Crippen molar-refractivity contribution >= 4 is 28.7 Å². The Kier molecular flexibility index (Phi) is 5.44. The van der Waals surface area contributed by atoms with E-state index in [1.165, 1.54) is 6.08 Å². The van der Waals surface area contributed by atoms with E-state index in [4.69, 9.17) is 0 Å². The predicted molar refractivity (Wildman–Crippen MR) is 103 cm³/mol. The molecule has 3 aromatic carbocycles. The Morgan fingerprint density at radius 1 is 0.923 bits per heavy atom. The molecule has 0 aromatic heterocycles. The van der Waals surface area contributed by atoms with Crippen LogP contribution in [-0.4, -0.2) is 23.0 Å². The van der Waals surface area contributed by atoms with Crippen LogP contribution < -0.4 is 5.32 Å². The van der Waals surface area contributed by atoms with Crippen molar-refractivity contribution in [3.63, 3.8) is 0 Å². The van der Waals surface area contributed by atoms with E-state index >= 15 is 0 Å². The lowest BCUT2D eigenvalue weighted by atomic mass is 10.0. The maximum atomic E-state index is 12.2. The molecule has 3 aromatic rings. The number of fused-ring (bicyclic) bond motifs is 1. The van der Waals surface area contributed by atoms with Gasteiger partial charge in [0, 0.05) is 12.5 Å². The fourth-order valence-corrected chi connectivity index (χ4v) is 2.83. The minimum Gasteiger partial charge on any atom is -0.480 e. The molecule has 0 fully saturated rings. The van der Waals surface area contributed by atoms with Gasteiger partial charge in [-0.05, 0) is 28.0 Å². The SMILES string of the molecule is O=C(/C=C/c1cccc2ccccc12)N[C@@H](Cc1ccccc1)C(=O)O. The molecule has 0 spiro atoms. The summed E-state index contributed by atoms with van der Waals surface area (Å²) in [6, 6.07) is 22.0. The smallest absolute Gasteiger partial charge is 0.326 e. The third-order valence-electron chi connectivity index (χ3n) is 4.13. The second-order valence-electron chi connectivity index (χ2n) is 5.99. The normalized spacial score (nSPS) is 12.2. The number of carboxylic acid groups (broad SMARTS) is 1. The van der Waals surface area contributed by atoms with Gasteiger partial charge in [-0.15, -0.1) is 0 Å². The minimum absolute atomic E-state index is 0.240. The van der Waals surface area contributed by atoms with Crippen molar-refractivity contribution in [2.24, 2.45) is 0 Å². The molecule has 1 amide bonds. The predicted octanol–water partition coefficient (Wildman–Crippen LogP) is 3.67. The van der Waals surface area contributed by atoms with Gasteiger partial charge in [0.05, 0.1) is 0 Å². The van der Waals surface area contributed by atoms with Gasteiger partial charge in [0.15, 0.2) is 0 Å². The first kappa shape index (κ1) is 17.4. The Balaban J connectivity index is 1.72. The van der Waals surface area contributed by atoms with Crippen LogP contribution in [0.25, 0.3) is 16.8 Å². The molecule has 130 valence electrons. The van der Waals surface area contributed by atoms with E-state index in [-0.39, 0.29) is 6.42 Å². The van der Waals surface area contributed by atoms with E-state index in [0.29, 0.717) is 0 Å². The monoisotopic (exact) mass is 345 g/mol. The first-order chi connectivity index (χ1) is 12.6. The first-order valence-electron chi connectivity index (χ1n) is 8.36. The summed E-state index contributed by atoms with van der Waals surface area (Å²) in [5.74, 6) is -1.48. The molecule has 0 aliphatic rings. The molecule has 2 N–H and O–H groups in total. The highest BCUT2D eigenvalue weighted by molar-refractivity contribution is 5.98. The lowest BCUT2D eigenvalue weighted by Crippen LogP contribution is -2.41. The van der Waals surface area contributed by atoms with Crippen LogP contribution in [0, 0.1) is 0 Å². The number of aliphatic carboxylic acids is 1. The third kappa shape index (κ3) is 4.36. The average molecular weight is 345 g/mol. The maximum Gasteiger partial charge on any atom is 0.326 e. The van der Waals surface area contributed by atoms with E-state index in [2.05, 4.69) is 5.32 Å². The van der Waals surface area contributed by atoms with Gasteiger partial charge in [-0.1, -0.05) is 72.8 Å². The summed E-state index contributed by atoms with van der Waals surface area (Å²) in [5, 5.41) is 14.1. The standard InChI is InChI=1S/C22H19NO3/c24-21(23-20(22(25)26)15-16-7-2-1-3-8-16)14-13-18-11-6-10-17-9-4-5-12-19(17)18/h1-14,20H,15H2,(H,23,24)(H,25,26)/b14-13+/t20-/m0/s1. The molecule has 0 saturated heterocycles. The Hall–Kier alpha value is -3.40. The van der Waals surface area contributed by atoms with Gasteiger partial charge in [0.25, 0.3) is 0 Å². The Morgan fingerprint density at radius 2 is 1.62 bits per heavy atom. The lowest BCUT2D eigenvalue weighted by Gasteiger charge is -2.13. The molecule has 26 heavy (non-hydrogen) atoms. The zero-order chi connectivity index (χ0) is 18.4. The van der Waals surface area contributed by atoms with E-state index in [1.807, 2.05) is 72.8 Å². The van der Waals surface area contributed by atoms with Crippen LogP contribution in [0.5, 0.6) is 0 Å². The number of hydrogen-bond acceptors (Lipinski definition) is 2. The van der Waals surface area contributed by atoms with Crippen molar-refractivity contribution in [3.05, 3.63) is 90.0 Å². The van der Waals surface area contributed by atoms with Crippen LogP contribution in [0.3, 0.4) is 0 Å². The summed E-state index contributed by atoms with van der Waals surface area (Å²) >= 11 is 0. The quantitative estimate of drug-likeness (QED) is 0.670. The second kappa shape index (κ2) is 8.12. The molecule has 3 rings (SSSR count). The number of carboxylic acids is 1. The summed E-state index contributed by atoms with van der Waals surface area (Å²) in [7, 11) is 0. The van der Waals surface area contributed by atoms with Crippen LogP contribution in [0.2, 0.25) is 0 Å². The van der Waals surface area contributed by atoms with E-state index in [1.54, 1.807) is 6.08 Å². The van der Waals surface area contributed by atoms with Gasteiger partial charge >= 0.3 is 5.97 Å². The zero-order valence-corrected chi connectivity index (χ0v) is 14.1. The van der Waals surface area contributed by atoms with E-state index < -0.39 is 17.9 Å². The molecule has 0 aliphatic heterocycles. The topological polar surface area (TPSA) is 66.4 Å². The van der Waals surface area contributed by atoms with Crippen molar-refractivity contribution in [1.82, 2.24) is 5.32 Å². The number of amides is 1. The van der Waals surface area contributed by atoms with Gasteiger partial charge in [-0.2, -0.15) is 0 Å². The summed E-state index contributed by atoms with van der Waals surface area (Å²) in [6.45, 7) is 0. The highest BCUT2D eigenvalue weighted by Crippen LogP contribution is 2.19. The molecule has 4 heteroatoms. The van der Waals surface area contributed by atoms with Gasteiger partial charge in [-0.3, -0.25) is 4.79 Å². The number of nitrogens with one attached hydrogen (secondary N) is 1. The van der Waals surface area contributed by atoms with Crippen molar-refractivity contribution in [2.45, 2.75) is 12.5 Å². The maximum absolute atomic E-state index is 12.2. The molecule has 0 unspecified atom stereocenters. The van der Waals surface area contributed by atoms with Crippen LogP contribution in [0.1, 0.15) is 11.1 Å². The van der Waals surface area contributed by atoms with E-state index in [0.717, 1.165) is 21.9 Å². The Morgan fingerprint density at radius 3 is 2.38 bits per heavy atom. The highest BCUT2D eigenvalue weighted by Gasteiger charge is 2.19. The molecule has 1 atom stereocenters.